The fourth-order valence-electron chi connectivity index (χ4n) is 6.42. The summed E-state index contributed by atoms with van der Waals surface area (Å²) < 4.78 is 4.55. The van der Waals surface area contributed by atoms with Crippen LogP contribution in [0.15, 0.2) is 29.9 Å². The first kappa shape index (κ1) is 14.6. The summed E-state index contributed by atoms with van der Waals surface area (Å²) >= 11 is 1.79. The number of aromatic nitrogens is 3. The topological polar surface area (TPSA) is 22.2 Å². The number of rotatable bonds is 2. The first-order chi connectivity index (χ1) is 12.2. The SMILES string of the molecule is Cn1cccc1-c1csc2nc(C34CC5CCCC(C3)C(C5)C4)cn12. The predicted octanol–water partition coefficient (Wildman–Crippen LogP) is 5.26. The van der Waals surface area contributed by atoms with Crippen molar-refractivity contribution in [1.82, 2.24) is 14.0 Å². The molecular formula is C21H25N3S. The maximum Gasteiger partial charge on any atom is 0.194 e. The lowest BCUT2D eigenvalue weighted by atomic mass is 9.68. The largest absolute Gasteiger partial charge is 0.349 e. The molecule has 3 heterocycles. The lowest BCUT2D eigenvalue weighted by Gasteiger charge is -2.36. The van der Waals surface area contributed by atoms with E-state index in [1.165, 1.54) is 67.0 Å². The summed E-state index contributed by atoms with van der Waals surface area (Å²) in [5.74, 6) is 2.91. The van der Waals surface area contributed by atoms with Gasteiger partial charge in [0.2, 0.25) is 0 Å². The van der Waals surface area contributed by atoms with Crippen LogP contribution in [-0.4, -0.2) is 14.0 Å². The van der Waals surface area contributed by atoms with Gasteiger partial charge in [-0.1, -0.05) is 19.3 Å². The molecular weight excluding hydrogens is 326 g/mol. The maximum atomic E-state index is 5.17. The Morgan fingerprint density at radius 2 is 2.08 bits per heavy atom. The standard InChI is InChI=1S/C21H25N3S/c1-23-7-3-6-17(23)18-13-25-20-22-19(12-24(18)20)21-9-14-4-2-5-15(10-21)16(8-14)11-21/h3,6-7,12-16H,2,4-5,8-11H2,1H3. The Balaban J connectivity index is 1.46. The average molecular weight is 352 g/mol. The molecule has 3 aromatic rings. The fourth-order valence-corrected chi connectivity index (χ4v) is 7.28. The number of hydrogen-bond donors (Lipinski definition) is 0. The first-order valence-corrected chi connectivity index (χ1v) is 10.7. The van der Waals surface area contributed by atoms with E-state index in [-0.39, 0.29) is 0 Å². The van der Waals surface area contributed by atoms with Crippen LogP contribution in [0.4, 0.5) is 0 Å². The molecule has 0 amide bonds. The van der Waals surface area contributed by atoms with Gasteiger partial charge in [0.1, 0.15) is 0 Å². The third kappa shape index (κ3) is 2.00. The lowest BCUT2D eigenvalue weighted by Crippen LogP contribution is -2.31. The summed E-state index contributed by atoms with van der Waals surface area (Å²) in [5, 5.41) is 2.26. The second kappa shape index (κ2) is 5.00. The first-order valence-electron chi connectivity index (χ1n) is 9.81. The molecule has 4 atom stereocenters. The molecule has 3 nitrogen and oxygen atoms in total. The van der Waals surface area contributed by atoms with Gasteiger partial charge in [-0.25, -0.2) is 4.98 Å². The van der Waals surface area contributed by atoms with Gasteiger partial charge in [0.15, 0.2) is 4.96 Å². The van der Waals surface area contributed by atoms with Crippen molar-refractivity contribution in [2.24, 2.45) is 24.8 Å². The van der Waals surface area contributed by atoms with Gasteiger partial charge in [-0.05, 0) is 55.6 Å². The quantitative estimate of drug-likeness (QED) is 0.617. The molecule has 0 aromatic carbocycles. The molecule has 4 unspecified atom stereocenters. The monoisotopic (exact) mass is 351 g/mol. The summed E-state index contributed by atoms with van der Waals surface area (Å²) in [5.41, 5.74) is 4.34. The minimum absolute atomic E-state index is 0.385. The van der Waals surface area contributed by atoms with E-state index in [1.807, 2.05) is 0 Å². The Labute approximate surface area is 152 Å². The zero-order valence-corrected chi connectivity index (χ0v) is 15.6. The van der Waals surface area contributed by atoms with Crippen molar-refractivity contribution in [2.45, 2.75) is 50.4 Å². The van der Waals surface area contributed by atoms with Crippen molar-refractivity contribution >= 4 is 16.3 Å². The van der Waals surface area contributed by atoms with Crippen LogP contribution in [0.25, 0.3) is 16.3 Å². The molecule has 0 radical (unpaired) electrons. The van der Waals surface area contributed by atoms with E-state index in [0.717, 1.165) is 17.8 Å². The molecule has 0 spiro atoms. The molecule has 3 fully saturated rings. The third-order valence-electron chi connectivity index (χ3n) is 7.43. The van der Waals surface area contributed by atoms with E-state index < -0.39 is 0 Å². The minimum atomic E-state index is 0.385. The van der Waals surface area contributed by atoms with E-state index in [1.54, 1.807) is 11.3 Å². The van der Waals surface area contributed by atoms with Crippen LogP contribution in [0, 0.1) is 17.8 Å². The molecule has 25 heavy (non-hydrogen) atoms. The van der Waals surface area contributed by atoms with E-state index in [9.17, 15) is 0 Å². The highest BCUT2D eigenvalue weighted by Crippen LogP contribution is 2.60. The van der Waals surface area contributed by atoms with Crippen LogP contribution < -0.4 is 0 Å². The van der Waals surface area contributed by atoms with Gasteiger partial charge in [-0.15, -0.1) is 11.3 Å². The number of thiazole rings is 1. The fraction of sp³-hybridized carbons (Fsp3) is 0.571. The Morgan fingerprint density at radius 3 is 2.96 bits per heavy atom. The van der Waals surface area contributed by atoms with Gasteiger partial charge < -0.3 is 4.57 Å². The van der Waals surface area contributed by atoms with Crippen LogP contribution >= 0.6 is 11.3 Å². The summed E-state index contributed by atoms with van der Waals surface area (Å²) in [7, 11) is 2.12. The summed E-state index contributed by atoms with van der Waals surface area (Å²) in [6.45, 7) is 0. The number of hydrogen-bond acceptors (Lipinski definition) is 2. The number of nitrogens with zero attached hydrogens (tertiary/aromatic N) is 3. The van der Waals surface area contributed by atoms with Crippen molar-refractivity contribution in [3.63, 3.8) is 0 Å². The highest BCUT2D eigenvalue weighted by Gasteiger charge is 2.53. The summed E-state index contributed by atoms with van der Waals surface area (Å²) in [6, 6.07) is 4.33. The predicted molar refractivity (Wildman–Crippen MR) is 102 cm³/mol. The normalized spacial score (nSPS) is 34.0. The van der Waals surface area contributed by atoms with Gasteiger partial charge in [0, 0.05) is 30.2 Å². The number of imidazole rings is 1. The molecule has 6 rings (SSSR count). The van der Waals surface area contributed by atoms with Crippen LogP contribution in [0.5, 0.6) is 0 Å². The molecule has 4 heteroatoms. The molecule has 130 valence electrons. The molecule has 0 saturated heterocycles. The van der Waals surface area contributed by atoms with Crippen LogP contribution in [0.1, 0.15) is 50.6 Å². The Bertz CT molecular complexity index is 944. The Kier molecular flexibility index (Phi) is 2.92. The average Bonchev–Trinajstić information content (AvgIpc) is 3.30. The van der Waals surface area contributed by atoms with E-state index >= 15 is 0 Å². The van der Waals surface area contributed by atoms with Crippen molar-refractivity contribution in [3.05, 3.63) is 35.6 Å². The summed E-state index contributed by atoms with van der Waals surface area (Å²) in [4.78, 5) is 6.33. The van der Waals surface area contributed by atoms with E-state index in [0.29, 0.717) is 5.41 Å². The maximum absolute atomic E-state index is 5.17. The second-order valence-electron chi connectivity index (χ2n) is 8.85. The molecule has 0 aliphatic heterocycles. The number of fused-ring (bicyclic) bond motifs is 3. The van der Waals surface area contributed by atoms with Crippen molar-refractivity contribution < 1.29 is 0 Å². The molecule has 3 aliphatic rings. The van der Waals surface area contributed by atoms with Crippen molar-refractivity contribution in [2.75, 3.05) is 0 Å². The molecule has 3 saturated carbocycles. The number of aryl methyl sites for hydroxylation is 1. The van der Waals surface area contributed by atoms with Crippen LogP contribution in [0.3, 0.4) is 0 Å². The second-order valence-corrected chi connectivity index (χ2v) is 9.69. The molecule has 3 bridgehead atoms. The zero-order valence-electron chi connectivity index (χ0n) is 14.8. The van der Waals surface area contributed by atoms with E-state index in [4.69, 9.17) is 4.98 Å². The lowest BCUT2D eigenvalue weighted by molar-refractivity contribution is 0.215. The Hall–Kier alpha value is -1.55. The van der Waals surface area contributed by atoms with E-state index in [2.05, 4.69) is 45.9 Å². The minimum Gasteiger partial charge on any atom is -0.349 e. The third-order valence-corrected chi connectivity index (χ3v) is 8.27. The highest BCUT2D eigenvalue weighted by molar-refractivity contribution is 7.15. The van der Waals surface area contributed by atoms with Crippen LogP contribution in [-0.2, 0) is 12.5 Å². The molecule has 3 aliphatic carbocycles. The smallest absolute Gasteiger partial charge is 0.194 e. The Morgan fingerprint density at radius 1 is 1.16 bits per heavy atom. The molecule has 3 aromatic heterocycles. The van der Waals surface area contributed by atoms with Gasteiger partial charge in [0.25, 0.3) is 0 Å². The van der Waals surface area contributed by atoms with Gasteiger partial charge in [0.05, 0.1) is 17.1 Å². The zero-order chi connectivity index (χ0) is 16.6. The van der Waals surface area contributed by atoms with Gasteiger partial charge in [-0.3, -0.25) is 4.40 Å². The van der Waals surface area contributed by atoms with Gasteiger partial charge >= 0.3 is 0 Å². The van der Waals surface area contributed by atoms with Crippen molar-refractivity contribution in [1.29, 1.82) is 0 Å². The summed E-state index contributed by atoms with van der Waals surface area (Å²) in [6.07, 6.45) is 14.6. The highest BCUT2D eigenvalue weighted by atomic mass is 32.1. The molecule has 0 N–H and O–H groups in total. The van der Waals surface area contributed by atoms with Gasteiger partial charge in [-0.2, -0.15) is 0 Å². The van der Waals surface area contributed by atoms with Crippen molar-refractivity contribution in [3.8, 4) is 11.4 Å². The van der Waals surface area contributed by atoms with Crippen LogP contribution in [0.2, 0.25) is 0 Å².